The number of anilines is 1. The summed E-state index contributed by atoms with van der Waals surface area (Å²) in [6, 6.07) is 26.2. The van der Waals surface area contributed by atoms with Gasteiger partial charge >= 0.3 is 0 Å². The Hall–Kier alpha value is -3.11. The summed E-state index contributed by atoms with van der Waals surface area (Å²) >= 11 is 0. The van der Waals surface area contributed by atoms with Gasteiger partial charge in [-0.05, 0) is 109 Å². The molecule has 2 heterocycles. The largest absolute Gasteiger partial charge is 0.508 e. The van der Waals surface area contributed by atoms with E-state index in [4.69, 9.17) is 0 Å². The molecular weight excluding hydrogens is 456 g/mol. The number of nitrogens with zero attached hydrogens (tertiary/aromatic N) is 2. The van der Waals surface area contributed by atoms with E-state index < -0.39 is 0 Å². The molecule has 1 N–H and O–H groups in total. The van der Waals surface area contributed by atoms with Gasteiger partial charge in [0.25, 0.3) is 0 Å². The molecule has 2 atom stereocenters. The van der Waals surface area contributed by atoms with Crippen LogP contribution in [0, 0.1) is 5.41 Å². The fourth-order valence-electron chi connectivity index (χ4n) is 7.22. The number of hydrogen-bond acceptors (Lipinski definition) is 4. The second-order valence-corrected chi connectivity index (χ2v) is 11.5. The summed E-state index contributed by atoms with van der Waals surface area (Å²) in [5.74, 6) is 1.09. The van der Waals surface area contributed by atoms with Crippen LogP contribution >= 0.6 is 0 Å². The lowest BCUT2D eigenvalue weighted by Crippen LogP contribution is -2.47. The fourth-order valence-corrected chi connectivity index (χ4v) is 7.22. The smallest absolute Gasteiger partial charge is 0.133 e. The minimum Gasteiger partial charge on any atom is -0.508 e. The normalized spacial score (nSPS) is 23.5. The van der Waals surface area contributed by atoms with Crippen LogP contribution in [-0.4, -0.2) is 49.0 Å². The van der Waals surface area contributed by atoms with Crippen molar-refractivity contribution in [2.24, 2.45) is 5.41 Å². The lowest BCUT2D eigenvalue weighted by Gasteiger charge is -2.47. The molecule has 0 aromatic heterocycles. The van der Waals surface area contributed by atoms with E-state index in [1.54, 1.807) is 0 Å². The fraction of sp³-hybridized carbons (Fsp3) is 0.424. The van der Waals surface area contributed by atoms with Gasteiger partial charge in [-0.15, -0.1) is 0 Å². The number of carbonyl (C=O) groups excluding carboxylic acids is 1. The summed E-state index contributed by atoms with van der Waals surface area (Å²) in [5.41, 5.74) is 7.19. The summed E-state index contributed by atoms with van der Waals surface area (Å²) in [4.78, 5) is 15.7. The van der Waals surface area contributed by atoms with Gasteiger partial charge < -0.3 is 14.8 Å². The molecule has 2 aliphatic heterocycles. The van der Waals surface area contributed by atoms with Crippen LogP contribution in [-0.2, 0) is 11.2 Å². The Labute approximate surface area is 220 Å². The predicted molar refractivity (Wildman–Crippen MR) is 150 cm³/mol. The highest BCUT2D eigenvalue weighted by atomic mass is 16.3. The average Bonchev–Trinajstić information content (AvgIpc) is 2.95. The molecule has 4 nitrogen and oxygen atoms in total. The molecule has 3 aromatic carbocycles. The molecule has 2 fully saturated rings. The van der Waals surface area contributed by atoms with E-state index in [9.17, 15) is 9.90 Å². The maximum Gasteiger partial charge on any atom is 0.133 e. The van der Waals surface area contributed by atoms with E-state index in [2.05, 4.69) is 70.5 Å². The Morgan fingerprint density at radius 1 is 0.838 bits per heavy atom. The van der Waals surface area contributed by atoms with Gasteiger partial charge in [0.05, 0.1) is 6.54 Å². The van der Waals surface area contributed by atoms with Gasteiger partial charge in [0, 0.05) is 24.7 Å². The number of aromatic hydroxyl groups is 1. The van der Waals surface area contributed by atoms with Gasteiger partial charge in [-0.1, -0.05) is 48.5 Å². The highest BCUT2D eigenvalue weighted by Crippen LogP contribution is 2.47. The van der Waals surface area contributed by atoms with E-state index in [0.717, 1.165) is 45.3 Å². The summed E-state index contributed by atoms with van der Waals surface area (Å²) in [7, 11) is 0. The SMILES string of the molecule is O=CCN1CCC2(CC1)CCN(c1ccc(C3c4ccc(O)cc4CC[C@H]3c3ccccc3)cc1)CC2. The molecular formula is C33H38N2O2. The highest BCUT2D eigenvalue weighted by molar-refractivity contribution is 5.53. The van der Waals surface area contributed by atoms with Crippen molar-refractivity contribution in [3.8, 4) is 5.75 Å². The number of carbonyl (C=O) groups is 1. The number of benzene rings is 3. The monoisotopic (exact) mass is 494 g/mol. The number of aryl methyl sites for hydroxylation is 1. The van der Waals surface area contributed by atoms with Crippen molar-refractivity contribution in [2.75, 3.05) is 37.6 Å². The van der Waals surface area contributed by atoms with E-state index >= 15 is 0 Å². The van der Waals surface area contributed by atoms with Crippen molar-refractivity contribution >= 4 is 12.0 Å². The number of fused-ring (bicyclic) bond motifs is 1. The van der Waals surface area contributed by atoms with Gasteiger partial charge in [-0.3, -0.25) is 4.90 Å². The van der Waals surface area contributed by atoms with Crippen molar-refractivity contribution in [1.82, 2.24) is 4.90 Å². The molecule has 0 amide bonds. The topological polar surface area (TPSA) is 43.8 Å². The third kappa shape index (κ3) is 4.92. The highest BCUT2D eigenvalue weighted by Gasteiger charge is 2.37. The average molecular weight is 495 g/mol. The number of phenolic OH excluding ortho intramolecular Hbond substituents is 1. The van der Waals surface area contributed by atoms with E-state index in [1.165, 1.54) is 53.6 Å². The first-order valence-corrected chi connectivity index (χ1v) is 14.0. The van der Waals surface area contributed by atoms with Crippen molar-refractivity contribution in [3.05, 3.63) is 95.1 Å². The van der Waals surface area contributed by atoms with E-state index in [-0.39, 0.29) is 0 Å². The van der Waals surface area contributed by atoms with Gasteiger partial charge in [0.15, 0.2) is 0 Å². The first kappa shape index (κ1) is 24.2. The van der Waals surface area contributed by atoms with Crippen LogP contribution in [0.1, 0.15) is 66.2 Å². The number of aldehydes is 1. The van der Waals surface area contributed by atoms with Crippen molar-refractivity contribution < 1.29 is 9.90 Å². The zero-order valence-corrected chi connectivity index (χ0v) is 21.7. The lowest BCUT2D eigenvalue weighted by atomic mass is 9.69. The van der Waals surface area contributed by atoms with E-state index in [1.807, 2.05) is 12.1 Å². The van der Waals surface area contributed by atoms with Crippen molar-refractivity contribution in [3.63, 3.8) is 0 Å². The van der Waals surface area contributed by atoms with Crippen LogP contribution in [0.4, 0.5) is 5.69 Å². The quantitative estimate of drug-likeness (QED) is 0.433. The Balaban J connectivity index is 1.20. The van der Waals surface area contributed by atoms with Crippen LogP contribution in [0.25, 0.3) is 0 Å². The van der Waals surface area contributed by atoms with Gasteiger partial charge in [0.2, 0.25) is 0 Å². The molecule has 192 valence electrons. The Morgan fingerprint density at radius 2 is 1.54 bits per heavy atom. The minimum atomic E-state index is 0.293. The van der Waals surface area contributed by atoms with Gasteiger partial charge in [-0.2, -0.15) is 0 Å². The summed E-state index contributed by atoms with van der Waals surface area (Å²) in [6.45, 7) is 4.95. The first-order valence-electron chi connectivity index (χ1n) is 14.0. The molecule has 1 aliphatic carbocycles. The standard InChI is InChI=1S/C33H38N2O2/c36-23-22-34-18-14-33(15-19-34)16-20-35(21-17-33)28-9-6-26(7-10-28)32-30(25-4-2-1-3-5-25)12-8-27-24-29(37)11-13-31(27)32/h1-7,9-11,13,23-24,30,32,37H,8,12,14-22H2/t30-,32?/m0/s1. The molecule has 37 heavy (non-hydrogen) atoms. The maximum absolute atomic E-state index is 10.9. The number of rotatable bonds is 5. The minimum absolute atomic E-state index is 0.293. The second kappa shape index (κ2) is 10.3. The zero-order valence-electron chi connectivity index (χ0n) is 21.7. The van der Waals surface area contributed by atoms with Crippen molar-refractivity contribution in [1.29, 1.82) is 0 Å². The summed E-state index contributed by atoms with van der Waals surface area (Å²) in [6.07, 6.45) is 8.09. The number of phenols is 1. The summed E-state index contributed by atoms with van der Waals surface area (Å²) in [5, 5.41) is 10.1. The third-order valence-electron chi connectivity index (χ3n) is 9.51. The Bertz CT molecular complexity index is 1200. The number of piperidine rings is 2. The molecule has 0 bridgehead atoms. The van der Waals surface area contributed by atoms with Crippen LogP contribution < -0.4 is 4.90 Å². The van der Waals surface area contributed by atoms with Crippen LogP contribution in [0.15, 0.2) is 72.8 Å². The molecule has 1 spiro atoms. The van der Waals surface area contributed by atoms with Crippen LogP contribution in [0.2, 0.25) is 0 Å². The van der Waals surface area contributed by atoms with E-state index in [0.29, 0.717) is 29.5 Å². The van der Waals surface area contributed by atoms with Gasteiger partial charge in [0.1, 0.15) is 12.0 Å². The van der Waals surface area contributed by atoms with Crippen molar-refractivity contribution in [2.45, 2.75) is 50.4 Å². The van der Waals surface area contributed by atoms with Crippen LogP contribution in [0.3, 0.4) is 0 Å². The molecule has 3 aromatic rings. The molecule has 0 radical (unpaired) electrons. The molecule has 1 unspecified atom stereocenters. The predicted octanol–water partition coefficient (Wildman–Crippen LogP) is 6.14. The molecule has 4 heteroatoms. The maximum atomic E-state index is 10.9. The lowest BCUT2D eigenvalue weighted by molar-refractivity contribution is -0.109. The third-order valence-corrected chi connectivity index (χ3v) is 9.51. The van der Waals surface area contributed by atoms with Gasteiger partial charge in [-0.25, -0.2) is 0 Å². The number of hydrogen-bond donors (Lipinski definition) is 1. The zero-order chi connectivity index (χ0) is 25.2. The Kier molecular flexibility index (Phi) is 6.77. The first-order chi connectivity index (χ1) is 18.1. The number of likely N-dealkylation sites (tertiary alicyclic amines) is 1. The molecule has 3 aliphatic rings. The second-order valence-electron chi connectivity index (χ2n) is 11.5. The molecule has 0 saturated carbocycles. The molecule has 6 rings (SSSR count). The Morgan fingerprint density at radius 3 is 2.24 bits per heavy atom. The summed E-state index contributed by atoms with van der Waals surface area (Å²) < 4.78 is 0. The molecule has 2 saturated heterocycles. The van der Waals surface area contributed by atoms with Crippen LogP contribution in [0.5, 0.6) is 5.75 Å².